The van der Waals surface area contributed by atoms with Gasteiger partial charge >= 0.3 is 0 Å². The van der Waals surface area contributed by atoms with Crippen LogP contribution in [0.5, 0.6) is 5.75 Å². The molecule has 0 aliphatic carbocycles. The molecule has 32 heavy (non-hydrogen) atoms. The summed E-state index contributed by atoms with van der Waals surface area (Å²) in [7, 11) is 0. The molecule has 5 heteroatoms. The number of anilines is 1. The summed E-state index contributed by atoms with van der Waals surface area (Å²) in [5.41, 5.74) is 6.65. The zero-order valence-corrected chi connectivity index (χ0v) is 17.9. The number of hydrogen-bond donors (Lipinski definition) is 2. The molecule has 0 aromatic heterocycles. The van der Waals surface area contributed by atoms with E-state index >= 15 is 0 Å². The van der Waals surface area contributed by atoms with Crippen molar-refractivity contribution in [3.63, 3.8) is 0 Å². The third kappa shape index (κ3) is 5.73. The van der Waals surface area contributed by atoms with Crippen LogP contribution in [0.4, 0.5) is 5.69 Å². The Kier molecular flexibility index (Phi) is 6.78. The van der Waals surface area contributed by atoms with Crippen LogP contribution in [0.15, 0.2) is 96.1 Å². The summed E-state index contributed by atoms with van der Waals surface area (Å²) in [4.78, 5) is 12.2. The van der Waals surface area contributed by atoms with Gasteiger partial charge in [0.1, 0.15) is 12.4 Å². The van der Waals surface area contributed by atoms with Gasteiger partial charge < -0.3 is 10.1 Å². The van der Waals surface area contributed by atoms with E-state index in [0.29, 0.717) is 6.61 Å². The zero-order chi connectivity index (χ0) is 22.2. The molecule has 1 amide bonds. The van der Waals surface area contributed by atoms with Crippen LogP contribution in [-0.4, -0.2) is 18.7 Å². The van der Waals surface area contributed by atoms with Gasteiger partial charge in [-0.05, 0) is 41.6 Å². The van der Waals surface area contributed by atoms with E-state index in [4.69, 9.17) is 4.74 Å². The molecule has 0 bridgehead atoms. The number of carbonyl (C=O) groups is 1. The molecule has 2 N–H and O–H groups in total. The maximum atomic E-state index is 12.2. The van der Waals surface area contributed by atoms with Crippen molar-refractivity contribution in [2.24, 2.45) is 5.10 Å². The fourth-order valence-electron chi connectivity index (χ4n) is 3.31. The predicted octanol–water partition coefficient (Wildman–Crippen LogP) is 5.29. The molecular formula is C27H25N3O2. The second-order valence-corrected chi connectivity index (χ2v) is 7.52. The zero-order valence-electron chi connectivity index (χ0n) is 17.9. The van der Waals surface area contributed by atoms with Crippen molar-refractivity contribution in [2.75, 3.05) is 11.9 Å². The molecule has 0 saturated heterocycles. The summed E-state index contributed by atoms with van der Waals surface area (Å²) in [6.45, 7) is 2.69. The Labute approximate surface area is 187 Å². The van der Waals surface area contributed by atoms with E-state index in [1.807, 2.05) is 66.7 Å². The average Bonchev–Trinajstić information content (AvgIpc) is 2.83. The molecular weight excluding hydrogens is 398 g/mol. The molecule has 0 heterocycles. The molecule has 0 spiro atoms. The number of hydrogen-bond acceptors (Lipinski definition) is 4. The largest absolute Gasteiger partial charge is 0.489 e. The molecule has 160 valence electrons. The second kappa shape index (κ2) is 10.3. The quantitative estimate of drug-likeness (QED) is 0.299. The SMILES string of the molecule is Cc1ccc(COc2cccc(/C=N\NC(=O)CNc3cccc4ccccc34)c2)cc1. The fourth-order valence-corrected chi connectivity index (χ4v) is 3.31. The Morgan fingerprint density at radius 2 is 1.72 bits per heavy atom. The third-order valence-corrected chi connectivity index (χ3v) is 5.02. The topological polar surface area (TPSA) is 62.7 Å². The molecule has 0 atom stereocenters. The minimum atomic E-state index is -0.221. The first-order valence-electron chi connectivity index (χ1n) is 10.5. The Balaban J connectivity index is 1.28. The molecule has 4 rings (SSSR count). The van der Waals surface area contributed by atoms with Gasteiger partial charge in [-0.25, -0.2) is 5.43 Å². The van der Waals surface area contributed by atoms with E-state index in [2.05, 4.69) is 47.0 Å². The third-order valence-electron chi connectivity index (χ3n) is 5.02. The summed E-state index contributed by atoms with van der Waals surface area (Å²) < 4.78 is 5.86. The van der Waals surface area contributed by atoms with E-state index < -0.39 is 0 Å². The normalized spacial score (nSPS) is 10.9. The van der Waals surface area contributed by atoms with Crippen LogP contribution < -0.4 is 15.5 Å². The first kappa shape index (κ1) is 21.1. The van der Waals surface area contributed by atoms with Crippen molar-refractivity contribution in [3.8, 4) is 5.75 Å². The highest BCUT2D eigenvalue weighted by atomic mass is 16.5. The fraction of sp³-hybridized carbons (Fsp3) is 0.111. The molecule has 4 aromatic rings. The molecule has 0 saturated carbocycles. The van der Waals surface area contributed by atoms with Gasteiger partial charge in [-0.2, -0.15) is 5.10 Å². The van der Waals surface area contributed by atoms with Gasteiger partial charge in [-0.3, -0.25) is 4.79 Å². The van der Waals surface area contributed by atoms with Crippen LogP contribution in [0.2, 0.25) is 0 Å². The van der Waals surface area contributed by atoms with Crippen LogP contribution in [0.3, 0.4) is 0 Å². The Bertz CT molecular complexity index is 1230. The van der Waals surface area contributed by atoms with Gasteiger partial charge in [0.25, 0.3) is 5.91 Å². The van der Waals surface area contributed by atoms with E-state index in [-0.39, 0.29) is 12.5 Å². The monoisotopic (exact) mass is 423 g/mol. The van der Waals surface area contributed by atoms with Gasteiger partial charge in [0, 0.05) is 11.1 Å². The molecule has 4 aromatic carbocycles. The van der Waals surface area contributed by atoms with Crippen molar-refractivity contribution < 1.29 is 9.53 Å². The van der Waals surface area contributed by atoms with E-state index in [0.717, 1.165) is 33.3 Å². The highest BCUT2D eigenvalue weighted by Gasteiger charge is 2.03. The van der Waals surface area contributed by atoms with Crippen molar-refractivity contribution in [1.82, 2.24) is 5.43 Å². The van der Waals surface area contributed by atoms with E-state index in [1.54, 1.807) is 6.21 Å². The smallest absolute Gasteiger partial charge is 0.259 e. The molecule has 0 radical (unpaired) electrons. The summed E-state index contributed by atoms with van der Waals surface area (Å²) in [6.07, 6.45) is 1.61. The minimum absolute atomic E-state index is 0.130. The number of amides is 1. The van der Waals surface area contributed by atoms with Crippen LogP contribution in [0.1, 0.15) is 16.7 Å². The van der Waals surface area contributed by atoms with Crippen molar-refractivity contribution in [1.29, 1.82) is 0 Å². The van der Waals surface area contributed by atoms with Gasteiger partial charge in [-0.15, -0.1) is 0 Å². The Morgan fingerprint density at radius 3 is 2.59 bits per heavy atom. The van der Waals surface area contributed by atoms with Gasteiger partial charge in [0.15, 0.2) is 0 Å². The predicted molar refractivity (Wildman–Crippen MR) is 130 cm³/mol. The second-order valence-electron chi connectivity index (χ2n) is 7.52. The maximum absolute atomic E-state index is 12.2. The first-order valence-corrected chi connectivity index (χ1v) is 10.5. The lowest BCUT2D eigenvalue weighted by molar-refractivity contribution is -0.119. The van der Waals surface area contributed by atoms with Crippen LogP contribution >= 0.6 is 0 Å². The van der Waals surface area contributed by atoms with Gasteiger partial charge in [0.05, 0.1) is 12.8 Å². The molecule has 0 unspecified atom stereocenters. The maximum Gasteiger partial charge on any atom is 0.259 e. The summed E-state index contributed by atoms with van der Waals surface area (Å²) in [5, 5.41) is 9.44. The number of benzene rings is 4. The number of nitrogens with one attached hydrogen (secondary N) is 2. The highest BCUT2D eigenvalue weighted by molar-refractivity contribution is 5.95. The lowest BCUT2D eigenvalue weighted by Crippen LogP contribution is -2.25. The molecule has 0 aliphatic heterocycles. The van der Waals surface area contributed by atoms with Crippen molar-refractivity contribution in [3.05, 3.63) is 108 Å². The minimum Gasteiger partial charge on any atom is -0.489 e. The number of fused-ring (bicyclic) bond motifs is 1. The van der Waals surface area contributed by atoms with Gasteiger partial charge in [0.2, 0.25) is 0 Å². The lowest BCUT2D eigenvalue weighted by Gasteiger charge is -2.09. The molecule has 0 fully saturated rings. The first-order chi connectivity index (χ1) is 15.7. The van der Waals surface area contributed by atoms with Crippen molar-refractivity contribution in [2.45, 2.75) is 13.5 Å². The summed E-state index contributed by atoms with van der Waals surface area (Å²) in [6, 6.07) is 29.9. The van der Waals surface area contributed by atoms with Gasteiger partial charge in [-0.1, -0.05) is 78.4 Å². The van der Waals surface area contributed by atoms with Crippen molar-refractivity contribution >= 4 is 28.6 Å². The number of carbonyl (C=O) groups excluding carboxylic acids is 1. The number of nitrogens with zero attached hydrogens (tertiary/aromatic N) is 1. The average molecular weight is 424 g/mol. The van der Waals surface area contributed by atoms with E-state index in [1.165, 1.54) is 5.56 Å². The standard InChI is InChI=1S/C27H25N3O2/c1-20-12-14-21(15-13-20)19-32-24-9-4-6-22(16-24)17-29-30-27(31)18-28-26-11-5-8-23-7-2-3-10-25(23)26/h2-17,28H,18-19H2,1H3,(H,30,31)/b29-17-. The van der Waals surface area contributed by atoms with Crippen LogP contribution in [0, 0.1) is 6.92 Å². The Morgan fingerprint density at radius 1 is 0.938 bits per heavy atom. The molecule has 0 aliphatic rings. The summed E-state index contributed by atoms with van der Waals surface area (Å²) in [5.74, 6) is 0.527. The highest BCUT2D eigenvalue weighted by Crippen LogP contribution is 2.22. The van der Waals surface area contributed by atoms with Crippen LogP contribution in [-0.2, 0) is 11.4 Å². The molecule has 5 nitrogen and oxygen atoms in total. The number of ether oxygens (including phenoxy) is 1. The lowest BCUT2D eigenvalue weighted by atomic mass is 10.1. The summed E-state index contributed by atoms with van der Waals surface area (Å²) >= 11 is 0. The van der Waals surface area contributed by atoms with Crippen LogP contribution in [0.25, 0.3) is 10.8 Å². The Hall–Kier alpha value is -4.12. The van der Waals surface area contributed by atoms with E-state index in [9.17, 15) is 4.79 Å². The number of rotatable bonds is 8. The number of aryl methyl sites for hydroxylation is 1. The number of hydrazone groups is 1.